The summed E-state index contributed by atoms with van der Waals surface area (Å²) in [5, 5.41) is 20.7. The second-order valence-electron chi connectivity index (χ2n) is 5.04. The van der Waals surface area contributed by atoms with Gasteiger partial charge in [0.2, 0.25) is 0 Å². The van der Waals surface area contributed by atoms with E-state index in [1.165, 1.54) is 0 Å². The number of rotatable bonds is 5. The number of ether oxygens (including phenoxy) is 1. The van der Waals surface area contributed by atoms with Crippen molar-refractivity contribution in [2.75, 3.05) is 11.9 Å². The predicted molar refractivity (Wildman–Crippen MR) is 86.2 cm³/mol. The van der Waals surface area contributed by atoms with Crippen molar-refractivity contribution < 1.29 is 9.15 Å². The van der Waals surface area contributed by atoms with Gasteiger partial charge in [-0.05, 0) is 38.1 Å². The zero-order chi connectivity index (χ0) is 16.2. The minimum Gasteiger partial charge on any atom is -0.490 e. The molecule has 2 heterocycles. The maximum Gasteiger partial charge on any atom is 0.176 e. The lowest BCUT2D eigenvalue weighted by molar-refractivity contribution is 0.337. The summed E-state index contributed by atoms with van der Waals surface area (Å²) in [7, 11) is 0. The van der Waals surface area contributed by atoms with E-state index in [4.69, 9.17) is 14.4 Å². The van der Waals surface area contributed by atoms with E-state index in [1.807, 2.05) is 44.2 Å². The molecule has 1 aromatic carbocycles. The van der Waals surface area contributed by atoms with E-state index in [2.05, 4.69) is 15.5 Å². The fraction of sp³-hybridized carbons (Fsp3) is 0.235. The van der Waals surface area contributed by atoms with Gasteiger partial charge in [-0.1, -0.05) is 12.1 Å². The van der Waals surface area contributed by atoms with Crippen molar-refractivity contribution >= 4 is 16.8 Å². The first kappa shape index (κ1) is 14.9. The molecule has 0 aliphatic rings. The van der Waals surface area contributed by atoms with Crippen LogP contribution in [0.1, 0.15) is 31.3 Å². The Morgan fingerprint density at radius 3 is 2.87 bits per heavy atom. The van der Waals surface area contributed by atoms with Crippen LogP contribution in [0.5, 0.6) is 5.75 Å². The second kappa shape index (κ2) is 6.36. The minimum absolute atomic E-state index is 0.0980. The van der Waals surface area contributed by atoms with Gasteiger partial charge >= 0.3 is 0 Å². The quantitative estimate of drug-likeness (QED) is 0.774. The van der Waals surface area contributed by atoms with Crippen LogP contribution in [-0.4, -0.2) is 16.8 Å². The molecule has 0 fully saturated rings. The molecular formula is C17H16N4O2. The Morgan fingerprint density at radius 1 is 1.30 bits per heavy atom. The number of hydrogen-bond acceptors (Lipinski definition) is 6. The van der Waals surface area contributed by atoms with Crippen LogP contribution >= 0.6 is 0 Å². The van der Waals surface area contributed by atoms with E-state index in [0.29, 0.717) is 12.4 Å². The second-order valence-corrected chi connectivity index (χ2v) is 5.04. The smallest absolute Gasteiger partial charge is 0.176 e. The molecule has 1 atom stereocenters. The molecule has 0 radical (unpaired) electrons. The lowest BCUT2D eigenvalue weighted by Crippen LogP contribution is -2.07. The zero-order valence-corrected chi connectivity index (χ0v) is 12.9. The lowest BCUT2D eigenvalue weighted by atomic mass is 10.2. The van der Waals surface area contributed by atoms with Crippen LogP contribution < -0.4 is 10.1 Å². The van der Waals surface area contributed by atoms with Gasteiger partial charge < -0.3 is 14.5 Å². The summed E-state index contributed by atoms with van der Waals surface area (Å²) < 4.78 is 11.5. The van der Waals surface area contributed by atoms with Gasteiger partial charge in [0.1, 0.15) is 17.6 Å². The number of nitrogens with one attached hydrogen (secondary N) is 1. The number of benzene rings is 1. The Kier molecular flexibility index (Phi) is 4.11. The molecule has 0 aliphatic heterocycles. The number of anilines is 1. The van der Waals surface area contributed by atoms with Crippen molar-refractivity contribution in [1.29, 1.82) is 5.26 Å². The van der Waals surface area contributed by atoms with Crippen molar-refractivity contribution in [3.05, 3.63) is 47.9 Å². The molecule has 0 spiro atoms. The van der Waals surface area contributed by atoms with E-state index in [-0.39, 0.29) is 11.7 Å². The topological polar surface area (TPSA) is 84.0 Å². The average Bonchev–Trinajstić information content (AvgIpc) is 3.01. The van der Waals surface area contributed by atoms with Crippen LogP contribution in [0.3, 0.4) is 0 Å². The highest BCUT2D eigenvalue weighted by Crippen LogP contribution is 2.31. The van der Waals surface area contributed by atoms with Crippen LogP contribution in [0.15, 0.2) is 40.8 Å². The summed E-state index contributed by atoms with van der Waals surface area (Å²) in [4.78, 5) is 0. The Labute approximate surface area is 133 Å². The van der Waals surface area contributed by atoms with E-state index in [1.54, 1.807) is 12.1 Å². The Morgan fingerprint density at radius 2 is 2.17 bits per heavy atom. The summed E-state index contributed by atoms with van der Waals surface area (Å²) in [6, 6.07) is 13.0. The lowest BCUT2D eigenvalue weighted by Gasteiger charge is -2.11. The van der Waals surface area contributed by atoms with Gasteiger partial charge in [-0.2, -0.15) is 5.26 Å². The van der Waals surface area contributed by atoms with Crippen molar-refractivity contribution in [2.45, 2.75) is 19.9 Å². The summed E-state index contributed by atoms with van der Waals surface area (Å²) in [5.41, 5.74) is 1.03. The number of furan rings is 1. The number of hydrogen-bond donors (Lipinski definition) is 1. The van der Waals surface area contributed by atoms with Crippen molar-refractivity contribution in [3.63, 3.8) is 0 Å². The monoisotopic (exact) mass is 308 g/mol. The summed E-state index contributed by atoms with van der Waals surface area (Å²) in [6.45, 7) is 4.50. The maximum atomic E-state index is 8.74. The molecule has 0 saturated carbocycles. The fourth-order valence-corrected chi connectivity index (χ4v) is 2.30. The molecule has 116 valence electrons. The highest BCUT2D eigenvalue weighted by atomic mass is 16.5. The van der Waals surface area contributed by atoms with E-state index in [9.17, 15) is 0 Å². The number of nitriles is 1. The summed E-state index contributed by atoms with van der Waals surface area (Å²) in [5.74, 6) is 2.10. The van der Waals surface area contributed by atoms with Crippen LogP contribution in [0.25, 0.3) is 11.0 Å². The molecule has 6 heteroatoms. The molecule has 2 aromatic heterocycles. The standard InChI is InChI=1S/C17H16N4O2/c1-3-22-14-6-4-5-12-9-15(23-17(12)14)11(2)19-16-8-7-13(10-18)20-21-16/h4-9,11H,3H2,1-2H3,(H,19,21). The predicted octanol–water partition coefficient (Wildman–Crippen LogP) is 3.67. The van der Waals surface area contributed by atoms with E-state index >= 15 is 0 Å². The molecular weight excluding hydrogens is 292 g/mol. The minimum atomic E-state index is -0.0980. The van der Waals surface area contributed by atoms with Crippen LogP contribution in [-0.2, 0) is 0 Å². The fourth-order valence-electron chi connectivity index (χ4n) is 2.30. The Balaban J connectivity index is 1.84. The van der Waals surface area contributed by atoms with Gasteiger partial charge in [0, 0.05) is 5.39 Å². The zero-order valence-electron chi connectivity index (χ0n) is 12.9. The first-order chi connectivity index (χ1) is 11.2. The van der Waals surface area contributed by atoms with E-state index < -0.39 is 0 Å². The Hall–Kier alpha value is -3.07. The summed E-state index contributed by atoms with van der Waals surface area (Å²) in [6.07, 6.45) is 0. The van der Waals surface area contributed by atoms with Gasteiger partial charge in [-0.15, -0.1) is 10.2 Å². The third-order valence-corrected chi connectivity index (χ3v) is 3.40. The molecule has 23 heavy (non-hydrogen) atoms. The van der Waals surface area contributed by atoms with Crippen LogP contribution in [0, 0.1) is 11.3 Å². The largest absolute Gasteiger partial charge is 0.490 e. The molecule has 1 N–H and O–H groups in total. The molecule has 3 rings (SSSR count). The van der Waals surface area contributed by atoms with Gasteiger partial charge in [0.05, 0.1) is 12.6 Å². The van der Waals surface area contributed by atoms with Gasteiger partial charge in [-0.25, -0.2) is 0 Å². The van der Waals surface area contributed by atoms with Gasteiger partial charge in [0.25, 0.3) is 0 Å². The molecule has 0 bridgehead atoms. The Bertz CT molecular complexity index is 849. The highest BCUT2D eigenvalue weighted by molar-refractivity contribution is 5.83. The molecule has 6 nitrogen and oxygen atoms in total. The van der Waals surface area contributed by atoms with Gasteiger partial charge in [-0.3, -0.25) is 0 Å². The molecule has 1 unspecified atom stereocenters. The van der Waals surface area contributed by atoms with Gasteiger partial charge in [0.15, 0.2) is 17.0 Å². The molecule has 3 aromatic rings. The van der Waals surface area contributed by atoms with Crippen molar-refractivity contribution in [2.24, 2.45) is 0 Å². The SMILES string of the molecule is CCOc1cccc2cc(C(C)Nc3ccc(C#N)nn3)oc12. The highest BCUT2D eigenvalue weighted by Gasteiger charge is 2.14. The van der Waals surface area contributed by atoms with Crippen LogP contribution in [0.2, 0.25) is 0 Å². The average molecular weight is 308 g/mol. The number of fused-ring (bicyclic) bond motifs is 1. The first-order valence-corrected chi connectivity index (χ1v) is 7.37. The molecule has 0 saturated heterocycles. The van der Waals surface area contributed by atoms with Crippen LogP contribution in [0.4, 0.5) is 5.82 Å². The van der Waals surface area contributed by atoms with Crippen molar-refractivity contribution in [3.8, 4) is 11.8 Å². The first-order valence-electron chi connectivity index (χ1n) is 7.37. The normalized spacial score (nSPS) is 11.9. The number of aromatic nitrogens is 2. The molecule has 0 aliphatic carbocycles. The number of para-hydroxylation sites is 1. The van der Waals surface area contributed by atoms with Crippen molar-refractivity contribution in [1.82, 2.24) is 10.2 Å². The third-order valence-electron chi connectivity index (χ3n) is 3.40. The maximum absolute atomic E-state index is 8.74. The van der Waals surface area contributed by atoms with E-state index in [0.717, 1.165) is 22.5 Å². The third kappa shape index (κ3) is 3.09. The molecule has 0 amide bonds. The summed E-state index contributed by atoms with van der Waals surface area (Å²) >= 11 is 0. The number of nitrogens with zero attached hydrogens (tertiary/aromatic N) is 3.